The lowest BCUT2D eigenvalue weighted by atomic mass is 9.89. The van der Waals surface area contributed by atoms with Gasteiger partial charge in [-0.25, -0.2) is 9.18 Å². The average molecular weight is 263 g/mol. The van der Waals surface area contributed by atoms with Crippen LogP contribution in [0, 0.1) is 23.6 Å². The highest BCUT2D eigenvalue weighted by atomic mass is 19.1. The molecule has 19 heavy (non-hydrogen) atoms. The van der Waals surface area contributed by atoms with E-state index in [0.717, 1.165) is 11.8 Å². The Hall–Kier alpha value is -1.58. The first kappa shape index (κ1) is 12.5. The van der Waals surface area contributed by atoms with Crippen LogP contribution in [0.25, 0.3) is 0 Å². The van der Waals surface area contributed by atoms with Gasteiger partial charge in [0.05, 0.1) is 12.2 Å². The number of esters is 1. The summed E-state index contributed by atoms with van der Waals surface area (Å²) in [4.78, 5) is 11.9. The highest BCUT2D eigenvalue weighted by molar-refractivity contribution is 5.90. The Morgan fingerprint density at radius 2 is 2.16 bits per heavy atom. The predicted molar refractivity (Wildman–Crippen MR) is 70.0 cm³/mol. The summed E-state index contributed by atoms with van der Waals surface area (Å²) in [5.41, 5.74) is 5.95. The molecule has 2 bridgehead atoms. The lowest BCUT2D eigenvalue weighted by Gasteiger charge is -2.21. The molecule has 0 aliphatic heterocycles. The van der Waals surface area contributed by atoms with E-state index in [0.29, 0.717) is 12.5 Å². The van der Waals surface area contributed by atoms with Crippen molar-refractivity contribution in [1.29, 1.82) is 0 Å². The number of carbonyl (C=O) groups excluding carboxylic acids is 1. The molecule has 3 atom stereocenters. The molecule has 0 spiro atoms. The van der Waals surface area contributed by atoms with E-state index in [9.17, 15) is 9.18 Å². The topological polar surface area (TPSA) is 52.3 Å². The van der Waals surface area contributed by atoms with Gasteiger partial charge in [0.2, 0.25) is 0 Å². The number of carbonyl (C=O) groups is 1. The molecule has 0 heterocycles. The fraction of sp³-hybridized carbons (Fsp3) is 0.533. The average Bonchev–Trinajstić information content (AvgIpc) is 2.96. The molecule has 3 nitrogen and oxygen atoms in total. The smallest absolute Gasteiger partial charge is 0.338 e. The van der Waals surface area contributed by atoms with Crippen LogP contribution in [0.4, 0.5) is 10.1 Å². The molecule has 3 unspecified atom stereocenters. The van der Waals surface area contributed by atoms with Gasteiger partial charge in [0.15, 0.2) is 0 Å². The molecule has 2 aliphatic carbocycles. The predicted octanol–water partition coefficient (Wildman–Crippen LogP) is 3.00. The third kappa shape index (κ3) is 2.57. The van der Waals surface area contributed by atoms with Gasteiger partial charge >= 0.3 is 5.97 Å². The summed E-state index contributed by atoms with van der Waals surface area (Å²) < 4.78 is 18.5. The van der Waals surface area contributed by atoms with E-state index >= 15 is 0 Å². The van der Waals surface area contributed by atoms with Gasteiger partial charge < -0.3 is 10.5 Å². The number of hydrogen-bond donors (Lipinski definition) is 1. The molecule has 0 radical (unpaired) electrons. The molecule has 2 fully saturated rings. The van der Waals surface area contributed by atoms with Crippen LogP contribution >= 0.6 is 0 Å². The number of halogens is 1. The van der Waals surface area contributed by atoms with Gasteiger partial charge in [-0.3, -0.25) is 0 Å². The number of rotatable bonds is 3. The van der Waals surface area contributed by atoms with Gasteiger partial charge in [-0.1, -0.05) is 6.42 Å². The minimum Gasteiger partial charge on any atom is -0.462 e. The summed E-state index contributed by atoms with van der Waals surface area (Å²) >= 11 is 0. The highest BCUT2D eigenvalue weighted by Crippen LogP contribution is 2.48. The normalized spacial score (nSPS) is 28.6. The van der Waals surface area contributed by atoms with E-state index < -0.39 is 11.8 Å². The summed E-state index contributed by atoms with van der Waals surface area (Å²) in [6.45, 7) is 0.455. The van der Waals surface area contributed by atoms with E-state index in [1.54, 1.807) is 0 Å². The van der Waals surface area contributed by atoms with Crippen LogP contribution in [0.5, 0.6) is 0 Å². The fourth-order valence-electron chi connectivity index (χ4n) is 3.58. The first-order valence-electron chi connectivity index (χ1n) is 6.85. The molecular weight excluding hydrogens is 245 g/mol. The number of fused-ring (bicyclic) bond motifs is 2. The van der Waals surface area contributed by atoms with E-state index in [1.807, 2.05) is 0 Å². The number of nitrogen functional groups attached to an aromatic ring is 1. The Labute approximate surface area is 111 Å². The zero-order valence-electron chi connectivity index (χ0n) is 10.8. The molecular formula is C15H18FNO2. The van der Waals surface area contributed by atoms with Crippen LogP contribution in [0.15, 0.2) is 18.2 Å². The summed E-state index contributed by atoms with van der Waals surface area (Å²) in [6, 6.07) is 3.80. The van der Waals surface area contributed by atoms with Crippen molar-refractivity contribution in [3.8, 4) is 0 Å². The van der Waals surface area contributed by atoms with Crippen molar-refractivity contribution in [1.82, 2.24) is 0 Å². The van der Waals surface area contributed by atoms with Crippen LogP contribution in [-0.4, -0.2) is 12.6 Å². The second kappa shape index (κ2) is 4.83. The fourth-order valence-corrected chi connectivity index (χ4v) is 3.58. The molecule has 4 heteroatoms. The van der Waals surface area contributed by atoms with Crippen molar-refractivity contribution < 1.29 is 13.9 Å². The molecule has 1 aromatic rings. The summed E-state index contributed by atoms with van der Waals surface area (Å²) in [6.07, 6.45) is 5.05. The van der Waals surface area contributed by atoms with Crippen LogP contribution < -0.4 is 5.73 Å². The number of nitrogens with two attached hydrogens (primary N) is 1. The number of hydrogen-bond acceptors (Lipinski definition) is 3. The number of anilines is 1. The standard InChI is InChI=1S/C15H18FNO2/c16-13-5-11(6-14(17)7-13)15(18)19-8-12-4-9-1-2-10(12)3-9/h5-7,9-10,12H,1-4,8,17H2. The lowest BCUT2D eigenvalue weighted by Crippen LogP contribution is -2.19. The molecule has 0 amide bonds. The minimum atomic E-state index is -0.508. The largest absolute Gasteiger partial charge is 0.462 e. The Morgan fingerprint density at radius 3 is 2.79 bits per heavy atom. The summed E-state index contributed by atoms with van der Waals surface area (Å²) in [7, 11) is 0. The monoisotopic (exact) mass is 263 g/mol. The quantitative estimate of drug-likeness (QED) is 0.673. The zero-order chi connectivity index (χ0) is 13.4. The third-order valence-corrected chi connectivity index (χ3v) is 4.47. The summed E-state index contributed by atoms with van der Waals surface area (Å²) in [5.74, 6) is 1.06. The van der Waals surface area contributed by atoms with Gasteiger partial charge in [-0.15, -0.1) is 0 Å². The van der Waals surface area contributed by atoms with Crippen LogP contribution in [-0.2, 0) is 4.74 Å². The van der Waals surface area contributed by atoms with Crippen molar-refractivity contribution in [2.75, 3.05) is 12.3 Å². The molecule has 0 saturated heterocycles. The summed E-state index contributed by atoms with van der Waals surface area (Å²) in [5, 5.41) is 0. The molecule has 102 valence electrons. The molecule has 2 saturated carbocycles. The Balaban J connectivity index is 1.59. The van der Waals surface area contributed by atoms with Gasteiger partial charge in [-0.05, 0) is 55.2 Å². The third-order valence-electron chi connectivity index (χ3n) is 4.47. The van der Waals surface area contributed by atoms with E-state index in [4.69, 9.17) is 10.5 Å². The second-order valence-electron chi connectivity index (χ2n) is 5.81. The maximum absolute atomic E-state index is 13.2. The van der Waals surface area contributed by atoms with Crippen molar-refractivity contribution in [3.05, 3.63) is 29.6 Å². The first-order chi connectivity index (χ1) is 9.11. The SMILES string of the molecule is Nc1cc(F)cc(C(=O)OCC2CC3CCC2C3)c1. The number of ether oxygens (including phenoxy) is 1. The molecule has 3 rings (SSSR count). The van der Waals surface area contributed by atoms with Crippen molar-refractivity contribution >= 4 is 11.7 Å². The molecule has 2 N–H and O–H groups in total. The number of benzene rings is 1. The van der Waals surface area contributed by atoms with E-state index in [1.165, 1.54) is 43.9 Å². The van der Waals surface area contributed by atoms with Crippen LogP contribution in [0.3, 0.4) is 0 Å². The minimum absolute atomic E-state index is 0.195. The zero-order valence-corrected chi connectivity index (χ0v) is 10.8. The van der Waals surface area contributed by atoms with E-state index in [2.05, 4.69) is 0 Å². The first-order valence-corrected chi connectivity index (χ1v) is 6.85. The molecule has 2 aliphatic rings. The van der Waals surface area contributed by atoms with Gasteiger partial charge in [0.1, 0.15) is 5.82 Å². The molecule has 1 aromatic carbocycles. The van der Waals surface area contributed by atoms with Crippen molar-refractivity contribution in [3.63, 3.8) is 0 Å². The maximum Gasteiger partial charge on any atom is 0.338 e. The lowest BCUT2D eigenvalue weighted by molar-refractivity contribution is 0.0393. The maximum atomic E-state index is 13.2. The van der Waals surface area contributed by atoms with Crippen molar-refractivity contribution in [2.45, 2.75) is 25.7 Å². The Morgan fingerprint density at radius 1 is 1.32 bits per heavy atom. The van der Waals surface area contributed by atoms with Crippen LogP contribution in [0.2, 0.25) is 0 Å². The van der Waals surface area contributed by atoms with Gasteiger partial charge in [0.25, 0.3) is 0 Å². The van der Waals surface area contributed by atoms with Gasteiger partial charge in [0, 0.05) is 5.69 Å². The highest BCUT2D eigenvalue weighted by Gasteiger charge is 2.39. The Bertz CT molecular complexity index is 483. The van der Waals surface area contributed by atoms with E-state index in [-0.39, 0.29) is 11.3 Å². The second-order valence-corrected chi connectivity index (χ2v) is 5.81. The van der Waals surface area contributed by atoms with Gasteiger partial charge in [-0.2, -0.15) is 0 Å². The van der Waals surface area contributed by atoms with Crippen LogP contribution in [0.1, 0.15) is 36.0 Å². The molecule has 0 aromatic heterocycles. The Kier molecular flexibility index (Phi) is 3.17. The van der Waals surface area contributed by atoms with Crippen molar-refractivity contribution in [2.24, 2.45) is 17.8 Å².